The molecule has 276 valence electrons. The summed E-state index contributed by atoms with van der Waals surface area (Å²) >= 11 is 0. The highest BCUT2D eigenvalue weighted by Crippen LogP contribution is 2.38. The third kappa shape index (κ3) is 32.5. The summed E-state index contributed by atoms with van der Waals surface area (Å²) in [6.45, 7) is 4.39. The van der Waals surface area contributed by atoms with E-state index in [-0.39, 0.29) is 18.9 Å². The fraction of sp³-hybridized carbons (Fsp3) is 0.667. The van der Waals surface area contributed by atoms with Gasteiger partial charge in [0.1, 0.15) is 13.2 Å². The summed E-state index contributed by atoms with van der Waals surface area (Å²) in [4.78, 5) is 25.0. The summed E-state index contributed by atoms with van der Waals surface area (Å²) < 4.78 is 23.0. The normalized spacial score (nSPS) is 15.6. The van der Waals surface area contributed by atoms with Gasteiger partial charge in [0.15, 0.2) is 0 Å². The lowest BCUT2D eigenvalue weighted by Crippen LogP contribution is -2.45. The molecule has 0 fully saturated rings. The molecule has 0 bridgehead atoms. The molecule has 0 rings (SSSR count). The zero-order chi connectivity index (χ0) is 35.8. The van der Waals surface area contributed by atoms with Crippen LogP contribution in [0.4, 0.5) is 0 Å². The van der Waals surface area contributed by atoms with Crippen LogP contribution in [0.2, 0.25) is 0 Å². The van der Waals surface area contributed by atoms with Gasteiger partial charge in [-0.15, -0.1) is 0 Å². The molecule has 0 aliphatic carbocycles. The molecule has 0 saturated heterocycles. The van der Waals surface area contributed by atoms with Crippen LogP contribution in [0.3, 0.4) is 0 Å². The van der Waals surface area contributed by atoms with Crippen LogP contribution in [0.25, 0.3) is 0 Å². The van der Waals surface area contributed by atoms with E-state index in [9.17, 15) is 19.4 Å². The van der Waals surface area contributed by atoms with Crippen LogP contribution in [0.1, 0.15) is 117 Å². The number of nitrogens with one attached hydrogen (secondary N) is 1. The molecule has 3 unspecified atom stereocenters. The van der Waals surface area contributed by atoms with Gasteiger partial charge in [0.05, 0.1) is 39.9 Å². The fourth-order valence-corrected chi connectivity index (χ4v) is 5.23. The van der Waals surface area contributed by atoms with E-state index in [1.807, 2.05) is 39.4 Å². The van der Waals surface area contributed by atoms with Crippen LogP contribution >= 0.6 is 7.82 Å². The van der Waals surface area contributed by atoms with Crippen LogP contribution < -0.4 is 10.2 Å². The second-order valence-electron chi connectivity index (χ2n) is 13.2. The lowest BCUT2D eigenvalue weighted by molar-refractivity contribution is -0.870. The Morgan fingerprint density at radius 1 is 0.750 bits per heavy atom. The summed E-state index contributed by atoms with van der Waals surface area (Å²) in [5.74, 6) is -0.330. The van der Waals surface area contributed by atoms with Crippen LogP contribution in [0.5, 0.6) is 0 Å². The SMILES string of the molecule is CC/C=C\C/C=C\C/C=C\C/C=C\C/C=C\CC(=O)NC(COP(=O)([O-])OCC[N+](C)(C)C)C(O)/C=C/CCCCCCCCCCC. The summed E-state index contributed by atoms with van der Waals surface area (Å²) in [6, 6.07) is -0.941. The number of likely N-dealkylation sites (N-methyl/N-ethyl adjacent to an activating group) is 1. The van der Waals surface area contributed by atoms with Crippen molar-refractivity contribution in [2.45, 2.75) is 129 Å². The molecule has 0 heterocycles. The zero-order valence-electron chi connectivity index (χ0n) is 30.9. The van der Waals surface area contributed by atoms with Gasteiger partial charge in [-0.05, 0) is 44.9 Å². The van der Waals surface area contributed by atoms with Crippen LogP contribution in [-0.4, -0.2) is 68.5 Å². The molecule has 0 aromatic carbocycles. The largest absolute Gasteiger partial charge is 0.756 e. The molecule has 0 aliphatic heterocycles. The number of phosphoric ester groups is 1. The predicted molar refractivity (Wildman–Crippen MR) is 200 cm³/mol. The van der Waals surface area contributed by atoms with Gasteiger partial charge in [-0.3, -0.25) is 9.36 Å². The average Bonchev–Trinajstić information content (AvgIpc) is 3.02. The third-order valence-corrected chi connectivity index (χ3v) is 8.42. The number of aliphatic hydroxyl groups excluding tert-OH is 1. The molecule has 0 aromatic heterocycles. The molecular weight excluding hydrogens is 623 g/mol. The number of unbranched alkanes of at least 4 members (excludes halogenated alkanes) is 9. The molecule has 9 heteroatoms. The topological polar surface area (TPSA) is 108 Å². The van der Waals surface area contributed by atoms with Crippen molar-refractivity contribution in [1.29, 1.82) is 0 Å². The highest BCUT2D eigenvalue weighted by atomic mass is 31.2. The van der Waals surface area contributed by atoms with Gasteiger partial charge in [-0.1, -0.05) is 138 Å². The van der Waals surface area contributed by atoms with Crippen molar-refractivity contribution in [2.24, 2.45) is 0 Å². The monoisotopic (exact) mass is 692 g/mol. The van der Waals surface area contributed by atoms with E-state index < -0.39 is 26.6 Å². The second-order valence-corrected chi connectivity index (χ2v) is 14.6. The van der Waals surface area contributed by atoms with E-state index in [2.05, 4.69) is 61.7 Å². The Bertz CT molecular complexity index is 1010. The van der Waals surface area contributed by atoms with E-state index >= 15 is 0 Å². The predicted octanol–water partition coefficient (Wildman–Crippen LogP) is 8.66. The summed E-state index contributed by atoms with van der Waals surface area (Å²) in [5.41, 5.74) is 0. The number of amides is 1. The lowest BCUT2D eigenvalue weighted by atomic mass is 10.1. The van der Waals surface area contributed by atoms with E-state index in [0.29, 0.717) is 17.4 Å². The third-order valence-electron chi connectivity index (χ3n) is 7.45. The minimum absolute atomic E-state index is 0.0213. The lowest BCUT2D eigenvalue weighted by Gasteiger charge is -2.29. The molecule has 0 aliphatic rings. The van der Waals surface area contributed by atoms with Gasteiger partial charge >= 0.3 is 0 Å². The van der Waals surface area contributed by atoms with Gasteiger partial charge in [0, 0.05) is 6.42 Å². The number of carbonyl (C=O) groups is 1. The molecule has 0 spiro atoms. The molecule has 3 atom stereocenters. The van der Waals surface area contributed by atoms with Crippen molar-refractivity contribution in [3.05, 3.63) is 72.9 Å². The molecule has 2 N–H and O–H groups in total. The van der Waals surface area contributed by atoms with Gasteiger partial charge in [0.25, 0.3) is 7.82 Å². The molecule has 48 heavy (non-hydrogen) atoms. The first-order valence-corrected chi connectivity index (χ1v) is 19.8. The van der Waals surface area contributed by atoms with Crippen LogP contribution in [0.15, 0.2) is 72.9 Å². The van der Waals surface area contributed by atoms with Crippen LogP contribution in [0, 0.1) is 0 Å². The molecule has 0 aromatic rings. The smallest absolute Gasteiger partial charge is 0.268 e. The minimum Gasteiger partial charge on any atom is -0.756 e. The first-order chi connectivity index (χ1) is 23.0. The Kier molecular flexibility index (Phi) is 29.6. The Balaban J connectivity index is 4.75. The van der Waals surface area contributed by atoms with E-state index in [1.165, 1.54) is 44.9 Å². The van der Waals surface area contributed by atoms with E-state index in [1.54, 1.807) is 12.2 Å². The van der Waals surface area contributed by atoms with Crippen molar-refractivity contribution >= 4 is 13.7 Å². The number of hydrogen-bond donors (Lipinski definition) is 2. The molecule has 1 amide bonds. The molecular formula is C39H69N2O6P. The maximum absolute atomic E-state index is 12.7. The maximum Gasteiger partial charge on any atom is 0.268 e. The standard InChI is InChI=1S/C39H69N2O6P/c1-6-8-10-12-14-16-18-19-20-21-23-25-27-29-31-33-39(43)40-37(36-47-48(44,45)46-35-34-41(3,4)5)38(42)32-30-28-26-24-22-17-15-13-11-9-7-2/h8,10,14,16,19-20,23,25,29-32,37-38,42H,6-7,9,11-13,15,17-18,21-22,24,26-28,33-36H2,1-5H3,(H-,40,43,44,45)/b10-8-,16-14-,20-19-,25-23-,31-29-,32-30+. The van der Waals surface area contributed by atoms with Crippen molar-refractivity contribution in [2.75, 3.05) is 40.9 Å². The second kappa shape index (κ2) is 31.0. The molecule has 0 saturated carbocycles. The van der Waals surface area contributed by atoms with Crippen LogP contribution in [-0.2, 0) is 18.4 Å². The average molecular weight is 693 g/mol. The van der Waals surface area contributed by atoms with E-state index in [0.717, 1.165) is 44.9 Å². The van der Waals surface area contributed by atoms with E-state index in [4.69, 9.17) is 9.05 Å². The summed E-state index contributed by atoms with van der Waals surface area (Å²) in [5, 5.41) is 13.6. The van der Waals surface area contributed by atoms with Crippen molar-refractivity contribution < 1.29 is 32.9 Å². The maximum atomic E-state index is 12.7. The number of rotatable bonds is 31. The zero-order valence-corrected chi connectivity index (χ0v) is 31.8. The number of aliphatic hydroxyl groups is 1. The highest BCUT2D eigenvalue weighted by Gasteiger charge is 2.22. The number of quaternary nitrogens is 1. The number of hydrogen-bond acceptors (Lipinski definition) is 6. The quantitative estimate of drug-likeness (QED) is 0.0326. The number of carbonyl (C=O) groups excluding carboxylic acids is 1. The summed E-state index contributed by atoms with van der Waals surface area (Å²) in [6.07, 6.45) is 39.7. The van der Waals surface area contributed by atoms with Crippen molar-refractivity contribution in [3.8, 4) is 0 Å². The van der Waals surface area contributed by atoms with Gasteiger partial charge in [-0.25, -0.2) is 0 Å². The van der Waals surface area contributed by atoms with Crippen molar-refractivity contribution in [1.82, 2.24) is 5.32 Å². The minimum atomic E-state index is -4.60. The summed E-state index contributed by atoms with van der Waals surface area (Å²) in [7, 11) is 1.19. The first kappa shape index (κ1) is 45.9. The first-order valence-electron chi connectivity index (χ1n) is 18.3. The number of nitrogens with zero attached hydrogens (tertiary/aromatic N) is 1. The highest BCUT2D eigenvalue weighted by molar-refractivity contribution is 7.45. The Morgan fingerprint density at radius 3 is 1.77 bits per heavy atom. The van der Waals surface area contributed by atoms with Gasteiger partial charge in [0.2, 0.25) is 5.91 Å². The van der Waals surface area contributed by atoms with Gasteiger partial charge < -0.3 is 28.8 Å². The molecule has 8 nitrogen and oxygen atoms in total. The van der Waals surface area contributed by atoms with Gasteiger partial charge in [-0.2, -0.15) is 0 Å². The Labute approximate surface area is 294 Å². The fourth-order valence-electron chi connectivity index (χ4n) is 4.51. The van der Waals surface area contributed by atoms with Crippen molar-refractivity contribution in [3.63, 3.8) is 0 Å². The molecule has 0 radical (unpaired) electrons. The number of phosphoric acid groups is 1. The number of allylic oxidation sites excluding steroid dienone is 10. The Hall–Kier alpha value is -2.06. The Morgan fingerprint density at radius 2 is 1.25 bits per heavy atom.